The molecule has 2 aliphatic rings. The summed E-state index contributed by atoms with van der Waals surface area (Å²) in [5, 5.41) is 2.66. The second-order valence-electron chi connectivity index (χ2n) is 15.8. The van der Waals surface area contributed by atoms with Crippen LogP contribution in [-0.4, -0.2) is 23.9 Å². The molecule has 6 aromatic carbocycles. The Bertz CT molecular complexity index is 2270. The molecule has 0 aromatic heterocycles. The molecule has 2 nitrogen and oxygen atoms in total. The summed E-state index contributed by atoms with van der Waals surface area (Å²) in [6.45, 7) is 8.15. The summed E-state index contributed by atoms with van der Waals surface area (Å²) in [5.74, 6) is 0.606. The Labute approximate surface area is 316 Å². The third kappa shape index (κ3) is 6.46. The molecular weight excluding hydrogens is 641 g/mol. The van der Waals surface area contributed by atoms with Gasteiger partial charge in [0.15, 0.2) is 5.71 Å². The minimum Gasteiger partial charge on any atom is -0.347 e. The Morgan fingerprint density at radius 3 is 1.85 bits per heavy atom. The third-order valence-electron chi connectivity index (χ3n) is 11.8. The van der Waals surface area contributed by atoms with E-state index in [0.29, 0.717) is 5.92 Å². The molecule has 0 spiro atoms. The average Bonchev–Trinajstić information content (AvgIpc) is 3.55. The monoisotopic (exact) mass is 691 g/mol. The molecule has 0 bridgehead atoms. The van der Waals surface area contributed by atoms with Gasteiger partial charge in [0.1, 0.15) is 6.54 Å². The molecule has 0 saturated heterocycles. The first-order chi connectivity index (χ1) is 25.9. The van der Waals surface area contributed by atoms with Crippen molar-refractivity contribution in [2.75, 3.05) is 18.5 Å². The Morgan fingerprint density at radius 2 is 1.21 bits per heavy atom. The lowest BCUT2D eigenvalue weighted by Gasteiger charge is -2.33. The number of hydrogen-bond acceptors (Lipinski definition) is 1. The van der Waals surface area contributed by atoms with Crippen LogP contribution in [0.4, 0.5) is 11.4 Å². The summed E-state index contributed by atoms with van der Waals surface area (Å²) in [6, 6.07) is 55.9. The van der Waals surface area contributed by atoms with Crippen molar-refractivity contribution in [2.24, 2.45) is 5.92 Å². The first-order valence-electron chi connectivity index (χ1n) is 19.4. The molecule has 53 heavy (non-hydrogen) atoms. The zero-order valence-electron chi connectivity index (χ0n) is 31.7. The lowest BCUT2D eigenvalue weighted by molar-refractivity contribution is -0.439. The lowest BCUT2D eigenvalue weighted by Crippen LogP contribution is -2.35. The molecule has 2 heteroatoms. The second-order valence-corrected chi connectivity index (χ2v) is 15.8. The SMILES string of the molecule is CC(C)CC[N+]1=C(/C=C/C=C2/N(C)c3ccccc3C2(Cc2ccccc2)Cc2ccccc2)C(C)(Cc2ccccc2)c2c1ccc1ccccc21. The number of likely N-dealkylation sites (N-methyl/N-ethyl adjacent to an activating group) is 1. The van der Waals surface area contributed by atoms with Crippen LogP contribution in [0.5, 0.6) is 0 Å². The van der Waals surface area contributed by atoms with E-state index in [0.717, 1.165) is 32.2 Å². The molecule has 0 fully saturated rings. The number of allylic oxidation sites excluding steroid dienone is 4. The number of para-hydroxylation sites is 1. The van der Waals surface area contributed by atoms with E-state index in [4.69, 9.17) is 0 Å². The molecular formula is C51H51N2+. The zero-order valence-corrected chi connectivity index (χ0v) is 31.7. The predicted octanol–water partition coefficient (Wildman–Crippen LogP) is 11.8. The maximum Gasteiger partial charge on any atom is 0.210 e. The van der Waals surface area contributed by atoms with Crippen LogP contribution in [0.15, 0.2) is 176 Å². The van der Waals surface area contributed by atoms with Gasteiger partial charge in [-0.1, -0.05) is 153 Å². The molecule has 0 N–H and O–H groups in total. The average molecular weight is 692 g/mol. The largest absolute Gasteiger partial charge is 0.347 e. The van der Waals surface area contributed by atoms with E-state index in [9.17, 15) is 0 Å². The highest BCUT2D eigenvalue weighted by atomic mass is 15.2. The number of fused-ring (bicyclic) bond motifs is 4. The van der Waals surface area contributed by atoms with Crippen LogP contribution in [0, 0.1) is 5.92 Å². The third-order valence-corrected chi connectivity index (χ3v) is 11.8. The fraction of sp³-hybridized carbons (Fsp3) is 0.235. The van der Waals surface area contributed by atoms with Gasteiger partial charge in [0.2, 0.25) is 5.69 Å². The van der Waals surface area contributed by atoms with E-state index in [1.165, 1.54) is 61.4 Å². The summed E-state index contributed by atoms with van der Waals surface area (Å²) in [6.07, 6.45) is 11.2. The molecule has 0 aliphatic carbocycles. The highest BCUT2D eigenvalue weighted by Gasteiger charge is 2.49. The van der Waals surface area contributed by atoms with E-state index in [-0.39, 0.29) is 10.8 Å². The number of rotatable bonds is 11. The summed E-state index contributed by atoms with van der Waals surface area (Å²) >= 11 is 0. The summed E-state index contributed by atoms with van der Waals surface area (Å²) in [7, 11) is 2.26. The van der Waals surface area contributed by atoms with Gasteiger partial charge >= 0.3 is 0 Å². The maximum absolute atomic E-state index is 2.65. The maximum atomic E-state index is 2.65. The van der Waals surface area contributed by atoms with Gasteiger partial charge in [-0.15, -0.1) is 0 Å². The van der Waals surface area contributed by atoms with Crippen LogP contribution < -0.4 is 4.90 Å². The van der Waals surface area contributed by atoms with Crippen molar-refractivity contribution in [3.63, 3.8) is 0 Å². The van der Waals surface area contributed by atoms with Gasteiger partial charge < -0.3 is 4.90 Å². The fourth-order valence-electron chi connectivity index (χ4n) is 9.29. The Balaban J connectivity index is 1.31. The van der Waals surface area contributed by atoms with Gasteiger partial charge in [-0.25, -0.2) is 0 Å². The molecule has 1 unspecified atom stereocenters. The summed E-state index contributed by atoms with van der Waals surface area (Å²) in [5.41, 5.74) is 11.8. The van der Waals surface area contributed by atoms with Crippen LogP contribution >= 0.6 is 0 Å². The highest BCUT2D eigenvalue weighted by Crippen LogP contribution is 2.51. The van der Waals surface area contributed by atoms with Crippen LogP contribution in [0.3, 0.4) is 0 Å². The van der Waals surface area contributed by atoms with Gasteiger partial charge in [-0.2, -0.15) is 4.58 Å². The van der Waals surface area contributed by atoms with Crippen molar-refractivity contribution in [3.8, 4) is 0 Å². The van der Waals surface area contributed by atoms with Crippen LogP contribution in [0.25, 0.3) is 10.8 Å². The first-order valence-corrected chi connectivity index (χ1v) is 19.4. The predicted molar refractivity (Wildman–Crippen MR) is 225 cm³/mol. The van der Waals surface area contributed by atoms with Gasteiger partial charge in [0.25, 0.3) is 0 Å². The first kappa shape index (κ1) is 34.6. The van der Waals surface area contributed by atoms with E-state index >= 15 is 0 Å². The second kappa shape index (κ2) is 14.5. The molecule has 2 aliphatic heterocycles. The minimum absolute atomic E-state index is 0.223. The van der Waals surface area contributed by atoms with Gasteiger partial charge in [0.05, 0.1) is 5.41 Å². The van der Waals surface area contributed by atoms with E-state index in [1.807, 2.05) is 0 Å². The van der Waals surface area contributed by atoms with Crippen molar-refractivity contribution in [3.05, 3.63) is 203 Å². The van der Waals surface area contributed by atoms with Crippen molar-refractivity contribution in [1.29, 1.82) is 0 Å². The molecule has 6 aromatic rings. The lowest BCUT2D eigenvalue weighted by atomic mass is 9.70. The number of nitrogens with zero attached hydrogens (tertiary/aromatic N) is 2. The van der Waals surface area contributed by atoms with Crippen LogP contribution in [-0.2, 0) is 30.1 Å². The molecule has 264 valence electrons. The summed E-state index contributed by atoms with van der Waals surface area (Å²) < 4.78 is 2.65. The number of hydrogen-bond donors (Lipinski definition) is 0. The van der Waals surface area contributed by atoms with E-state index in [2.05, 4.69) is 207 Å². The minimum atomic E-state index is -0.234. The van der Waals surface area contributed by atoms with Crippen molar-refractivity contribution < 1.29 is 4.58 Å². The molecule has 0 radical (unpaired) electrons. The van der Waals surface area contributed by atoms with Crippen molar-refractivity contribution >= 4 is 27.9 Å². The highest BCUT2D eigenvalue weighted by molar-refractivity contribution is 6.08. The number of anilines is 1. The molecule has 0 saturated carbocycles. The van der Waals surface area contributed by atoms with Crippen molar-refractivity contribution in [2.45, 2.75) is 57.3 Å². The summed E-state index contributed by atoms with van der Waals surface area (Å²) in [4.78, 5) is 2.45. The molecule has 1 atom stereocenters. The fourth-order valence-corrected chi connectivity index (χ4v) is 9.29. The quantitative estimate of drug-likeness (QED) is 0.123. The Hall–Kier alpha value is -5.47. The smallest absolute Gasteiger partial charge is 0.210 e. The molecule has 2 heterocycles. The molecule has 8 rings (SSSR count). The van der Waals surface area contributed by atoms with Crippen LogP contribution in [0.1, 0.15) is 55.0 Å². The van der Waals surface area contributed by atoms with Gasteiger partial charge in [-0.05, 0) is 83.3 Å². The standard InChI is InChI=1S/C51H51N2/c1-38(2)33-34-53-46-32-31-42-25-14-15-26-43(42)49(46)50(3,35-39-19-8-5-9-20-39)47(53)29-18-30-48-51(36-40-21-10-6-11-22-40,37-41-23-12-7-13-24-41)44-27-16-17-28-45(44)52(48)4/h5-32,38H,33-37H2,1-4H3/q+1. The van der Waals surface area contributed by atoms with E-state index < -0.39 is 0 Å². The van der Waals surface area contributed by atoms with Gasteiger partial charge in [0, 0.05) is 48.0 Å². The van der Waals surface area contributed by atoms with E-state index in [1.54, 1.807) is 0 Å². The normalized spacial score (nSPS) is 18.4. The number of benzene rings is 6. The Morgan fingerprint density at radius 1 is 0.642 bits per heavy atom. The van der Waals surface area contributed by atoms with Gasteiger partial charge in [-0.3, -0.25) is 0 Å². The Kier molecular flexibility index (Phi) is 9.48. The zero-order chi connectivity index (χ0) is 36.4. The van der Waals surface area contributed by atoms with Crippen molar-refractivity contribution in [1.82, 2.24) is 0 Å². The van der Waals surface area contributed by atoms with Crippen LogP contribution in [0.2, 0.25) is 0 Å². The molecule has 0 amide bonds. The topological polar surface area (TPSA) is 6.25 Å².